The van der Waals surface area contributed by atoms with Crippen molar-refractivity contribution >= 4 is 0 Å². The fraction of sp³-hybridized carbons (Fsp3) is 0.353. The second-order valence-corrected chi connectivity index (χ2v) is 5.33. The van der Waals surface area contributed by atoms with Crippen molar-refractivity contribution in [3.05, 3.63) is 64.0 Å². The molecule has 0 amide bonds. The molecule has 2 rings (SSSR count). The SMILES string of the molecule is Cc1cc(C)c(CC(O)c2cnccc2C)c(C)c1. The first-order valence-electron chi connectivity index (χ1n) is 6.64. The van der Waals surface area contributed by atoms with E-state index in [0.717, 1.165) is 11.1 Å². The Morgan fingerprint density at radius 1 is 1.05 bits per heavy atom. The standard InChI is InChI=1S/C17H21NO/c1-11-7-13(3)15(14(4)8-11)9-17(19)16-10-18-6-5-12(16)2/h5-8,10,17,19H,9H2,1-4H3. The largest absolute Gasteiger partial charge is 0.388 e. The summed E-state index contributed by atoms with van der Waals surface area (Å²) in [5.41, 5.74) is 7.01. The maximum absolute atomic E-state index is 10.4. The van der Waals surface area contributed by atoms with Gasteiger partial charge in [-0.05, 0) is 56.0 Å². The second kappa shape index (κ2) is 5.54. The van der Waals surface area contributed by atoms with Gasteiger partial charge in [0.2, 0.25) is 0 Å². The summed E-state index contributed by atoms with van der Waals surface area (Å²) in [6, 6.07) is 6.28. The third-order valence-corrected chi connectivity index (χ3v) is 3.68. The number of benzene rings is 1. The Labute approximate surface area is 115 Å². The van der Waals surface area contributed by atoms with Gasteiger partial charge in [-0.2, -0.15) is 0 Å². The van der Waals surface area contributed by atoms with E-state index in [2.05, 4.69) is 37.9 Å². The molecule has 1 aromatic heterocycles. The van der Waals surface area contributed by atoms with Crippen LogP contribution >= 0.6 is 0 Å². The van der Waals surface area contributed by atoms with Gasteiger partial charge < -0.3 is 5.11 Å². The molecule has 1 aromatic carbocycles. The lowest BCUT2D eigenvalue weighted by Gasteiger charge is -2.17. The summed E-state index contributed by atoms with van der Waals surface area (Å²) in [5.74, 6) is 0. The third-order valence-electron chi connectivity index (χ3n) is 3.68. The monoisotopic (exact) mass is 255 g/mol. The van der Waals surface area contributed by atoms with E-state index in [1.54, 1.807) is 12.4 Å². The van der Waals surface area contributed by atoms with Crippen LogP contribution in [0.4, 0.5) is 0 Å². The van der Waals surface area contributed by atoms with Gasteiger partial charge in [-0.3, -0.25) is 4.98 Å². The van der Waals surface area contributed by atoms with Crippen molar-refractivity contribution in [2.75, 3.05) is 0 Å². The zero-order chi connectivity index (χ0) is 14.0. The van der Waals surface area contributed by atoms with E-state index in [0.29, 0.717) is 6.42 Å². The van der Waals surface area contributed by atoms with E-state index in [1.807, 2.05) is 13.0 Å². The molecule has 2 aromatic rings. The molecular formula is C17H21NO. The molecule has 1 unspecified atom stereocenters. The average Bonchev–Trinajstić information content (AvgIpc) is 2.34. The number of aryl methyl sites for hydroxylation is 4. The van der Waals surface area contributed by atoms with Crippen molar-refractivity contribution < 1.29 is 5.11 Å². The molecular weight excluding hydrogens is 234 g/mol. The average molecular weight is 255 g/mol. The van der Waals surface area contributed by atoms with Crippen molar-refractivity contribution in [2.24, 2.45) is 0 Å². The number of aliphatic hydroxyl groups excluding tert-OH is 1. The summed E-state index contributed by atoms with van der Waals surface area (Å²) < 4.78 is 0. The van der Waals surface area contributed by atoms with E-state index in [-0.39, 0.29) is 0 Å². The Balaban J connectivity index is 2.29. The highest BCUT2D eigenvalue weighted by Crippen LogP contribution is 2.25. The van der Waals surface area contributed by atoms with Gasteiger partial charge in [0, 0.05) is 24.4 Å². The topological polar surface area (TPSA) is 33.1 Å². The Morgan fingerprint density at radius 2 is 1.68 bits per heavy atom. The predicted molar refractivity (Wildman–Crippen MR) is 78.3 cm³/mol. The van der Waals surface area contributed by atoms with Crippen LogP contribution in [0.1, 0.15) is 39.5 Å². The summed E-state index contributed by atoms with van der Waals surface area (Å²) in [6.07, 6.45) is 3.67. The molecule has 100 valence electrons. The quantitative estimate of drug-likeness (QED) is 0.909. The lowest BCUT2D eigenvalue weighted by molar-refractivity contribution is 0.177. The Morgan fingerprint density at radius 3 is 2.26 bits per heavy atom. The molecule has 1 atom stereocenters. The van der Waals surface area contributed by atoms with Crippen molar-refractivity contribution in [2.45, 2.75) is 40.2 Å². The molecule has 0 bridgehead atoms. The highest BCUT2D eigenvalue weighted by atomic mass is 16.3. The van der Waals surface area contributed by atoms with Gasteiger partial charge in [0.25, 0.3) is 0 Å². The zero-order valence-corrected chi connectivity index (χ0v) is 12.1. The van der Waals surface area contributed by atoms with Crippen LogP contribution in [0.15, 0.2) is 30.6 Å². The van der Waals surface area contributed by atoms with Gasteiger partial charge in [0.05, 0.1) is 6.10 Å². The maximum Gasteiger partial charge on any atom is 0.0847 e. The van der Waals surface area contributed by atoms with Crippen LogP contribution in [-0.4, -0.2) is 10.1 Å². The molecule has 0 aliphatic carbocycles. The van der Waals surface area contributed by atoms with Crippen molar-refractivity contribution in [3.8, 4) is 0 Å². The number of rotatable bonds is 3. The van der Waals surface area contributed by atoms with Crippen molar-refractivity contribution in [1.82, 2.24) is 4.98 Å². The van der Waals surface area contributed by atoms with E-state index in [4.69, 9.17) is 0 Å². The van der Waals surface area contributed by atoms with Gasteiger partial charge in [-0.25, -0.2) is 0 Å². The molecule has 19 heavy (non-hydrogen) atoms. The minimum Gasteiger partial charge on any atom is -0.388 e. The first-order valence-corrected chi connectivity index (χ1v) is 6.64. The first kappa shape index (κ1) is 13.8. The number of aliphatic hydroxyl groups is 1. The smallest absolute Gasteiger partial charge is 0.0847 e. The Hall–Kier alpha value is -1.67. The fourth-order valence-corrected chi connectivity index (χ4v) is 2.66. The van der Waals surface area contributed by atoms with Gasteiger partial charge in [-0.1, -0.05) is 17.7 Å². The lowest BCUT2D eigenvalue weighted by atomic mass is 9.92. The summed E-state index contributed by atoms with van der Waals surface area (Å²) >= 11 is 0. The Kier molecular flexibility index (Phi) is 4.01. The maximum atomic E-state index is 10.4. The van der Waals surface area contributed by atoms with Crippen LogP contribution in [-0.2, 0) is 6.42 Å². The molecule has 0 saturated carbocycles. The molecule has 2 heteroatoms. The van der Waals surface area contributed by atoms with Gasteiger partial charge in [-0.15, -0.1) is 0 Å². The zero-order valence-electron chi connectivity index (χ0n) is 12.1. The van der Waals surface area contributed by atoms with Crippen LogP contribution in [0.3, 0.4) is 0 Å². The summed E-state index contributed by atoms with van der Waals surface area (Å²) in [7, 11) is 0. The molecule has 2 nitrogen and oxygen atoms in total. The molecule has 0 saturated heterocycles. The highest BCUT2D eigenvalue weighted by molar-refractivity contribution is 5.39. The molecule has 0 aliphatic heterocycles. The van der Waals surface area contributed by atoms with Crippen LogP contribution in [0.25, 0.3) is 0 Å². The number of pyridine rings is 1. The van der Waals surface area contributed by atoms with E-state index >= 15 is 0 Å². The summed E-state index contributed by atoms with van der Waals surface area (Å²) in [4.78, 5) is 4.11. The van der Waals surface area contributed by atoms with Crippen molar-refractivity contribution in [1.29, 1.82) is 0 Å². The molecule has 0 fully saturated rings. The minimum atomic E-state index is -0.492. The summed E-state index contributed by atoms with van der Waals surface area (Å²) in [6.45, 7) is 8.33. The molecule has 0 aliphatic rings. The molecule has 1 heterocycles. The Bertz CT molecular complexity index is 567. The molecule has 1 N–H and O–H groups in total. The normalized spacial score (nSPS) is 12.5. The van der Waals surface area contributed by atoms with E-state index in [9.17, 15) is 5.11 Å². The van der Waals surface area contributed by atoms with Crippen LogP contribution in [0.5, 0.6) is 0 Å². The van der Waals surface area contributed by atoms with Crippen LogP contribution < -0.4 is 0 Å². The van der Waals surface area contributed by atoms with Gasteiger partial charge >= 0.3 is 0 Å². The number of nitrogens with zero attached hydrogens (tertiary/aromatic N) is 1. The molecule has 0 radical (unpaired) electrons. The predicted octanol–water partition coefficient (Wildman–Crippen LogP) is 3.59. The van der Waals surface area contributed by atoms with Gasteiger partial charge in [0.15, 0.2) is 0 Å². The lowest BCUT2D eigenvalue weighted by Crippen LogP contribution is -2.07. The van der Waals surface area contributed by atoms with E-state index < -0.39 is 6.10 Å². The summed E-state index contributed by atoms with van der Waals surface area (Å²) in [5, 5.41) is 10.4. The van der Waals surface area contributed by atoms with E-state index in [1.165, 1.54) is 22.3 Å². The van der Waals surface area contributed by atoms with Crippen molar-refractivity contribution in [3.63, 3.8) is 0 Å². The first-order chi connectivity index (χ1) is 8.99. The number of hydrogen-bond acceptors (Lipinski definition) is 2. The highest BCUT2D eigenvalue weighted by Gasteiger charge is 2.14. The van der Waals surface area contributed by atoms with Crippen LogP contribution in [0.2, 0.25) is 0 Å². The second-order valence-electron chi connectivity index (χ2n) is 5.33. The minimum absolute atomic E-state index is 0.492. The van der Waals surface area contributed by atoms with Crippen LogP contribution in [0, 0.1) is 27.7 Å². The number of hydrogen-bond donors (Lipinski definition) is 1. The number of aromatic nitrogens is 1. The fourth-order valence-electron chi connectivity index (χ4n) is 2.66. The third kappa shape index (κ3) is 3.02. The van der Waals surface area contributed by atoms with Gasteiger partial charge in [0.1, 0.15) is 0 Å². The molecule has 0 spiro atoms.